The van der Waals surface area contributed by atoms with Gasteiger partial charge in [0.05, 0.1) is 33.9 Å². The first-order chi connectivity index (χ1) is 16.8. The van der Waals surface area contributed by atoms with Gasteiger partial charge in [0.25, 0.3) is 0 Å². The average molecular weight is 443 g/mol. The lowest BCUT2D eigenvalue weighted by Gasteiger charge is -2.37. The molecule has 0 unspecified atom stereocenters. The maximum Gasteiger partial charge on any atom is 0.152 e. The van der Waals surface area contributed by atoms with Crippen molar-refractivity contribution in [2.75, 3.05) is 22.9 Å². The molecule has 0 radical (unpaired) electrons. The molecule has 0 saturated carbocycles. The highest BCUT2D eigenvalue weighted by atomic mass is 16.5. The molecule has 0 bridgehead atoms. The zero-order valence-electron chi connectivity index (χ0n) is 18.7. The number of benzene rings is 4. The molecule has 34 heavy (non-hydrogen) atoms. The lowest BCUT2D eigenvalue weighted by Crippen LogP contribution is -2.31. The molecule has 0 N–H and O–H groups in total. The molecule has 164 valence electrons. The summed E-state index contributed by atoms with van der Waals surface area (Å²) in [5.41, 5.74) is 4.49. The first-order valence-corrected chi connectivity index (χ1v) is 11.6. The monoisotopic (exact) mass is 442 g/mol. The van der Waals surface area contributed by atoms with Crippen molar-refractivity contribution in [1.29, 1.82) is 10.5 Å². The van der Waals surface area contributed by atoms with E-state index in [0.29, 0.717) is 11.1 Å². The van der Waals surface area contributed by atoms with Gasteiger partial charge in [-0.05, 0) is 66.4 Å². The number of nitriles is 2. The van der Waals surface area contributed by atoms with Gasteiger partial charge >= 0.3 is 0 Å². The zero-order valence-corrected chi connectivity index (χ0v) is 18.7. The van der Waals surface area contributed by atoms with Crippen LogP contribution in [0.3, 0.4) is 0 Å². The molecule has 4 aromatic rings. The quantitative estimate of drug-likeness (QED) is 0.290. The molecule has 6 rings (SSSR count). The highest BCUT2D eigenvalue weighted by Gasteiger charge is 2.30. The topological polar surface area (TPSA) is 63.3 Å². The maximum atomic E-state index is 9.85. The Bertz CT molecular complexity index is 1510. The predicted molar refractivity (Wildman–Crippen MR) is 134 cm³/mol. The molecule has 1 fully saturated rings. The normalized spacial score (nSPS) is 14.5. The molecule has 1 saturated heterocycles. The number of para-hydroxylation sites is 2. The fourth-order valence-electron chi connectivity index (χ4n) is 5.03. The maximum absolute atomic E-state index is 9.85. The van der Waals surface area contributed by atoms with Crippen molar-refractivity contribution in [3.8, 4) is 23.6 Å². The number of anilines is 4. The summed E-state index contributed by atoms with van der Waals surface area (Å²) in [6, 6.07) is 28.6. The van der Waals surface area contributed by atoms with Gasteiger partial charge in [0.2, 0.25) is 0 Å². The van der Waals surface area contributed by atoms with Crippen molar-refractivity contribution in [2.24, 2.45) is 0 Å². The number of piperidine rings is 1. The number of ether oxygens (including phenoxy) is 1. The Morgan fingerprint density at radius 3 is 2.00 bits per heavy atom. The van der Waals surface area contributed by atoms with Gasteiger partial charge in [-0.3, -0.25) is 0 Å². The number of nitrogens with zero attached hydrogens (tertiary/aromatic N) is 4. The Kier molecular flexibility index (Phi) is 4.82. The molecule has 0 spiro atoms. The third-order valence-electron chi connectivity index (χ3n) is 6.69. The average Bonchev–Trinajstić information content (AvgIpc) is 2.90. The van der Waals surface area contributed by atoms with E-state index in [1.165, 1.54) is 6.42 Å². The van der Waals surface area contributed by atoms with Crippen molar-refractivity contribution in [3.63, 3.8) is 0 Å². The second-order valence-corrected chi connectivity index (χ2v) is 8.73. The molecule has 2 aliphatic rings. The van der Waals surface area contributed by atoms with Crippen molar-refractivity contribution in [2.45, 2.75) is 19.3 Å². The Hall–Kier alpha value is -4.48. The van der Waals surface area contributed by atoms with Crippen LogP contribution in [0.2, 0.25) is 0 Å². The summed E-state index contributed by atoms with van der Waals surface area (Å²) in [7, 11) is 0. The molecule has 2 heterocycles. The summed E-state index contributed by atoms with van der Waals surface area (Å²) in [4.78, 5) is 4.53. The minimum Gasteiger partial charge on any atom is -0.453 e. The van der Waals surface area contributed by atoms with Crippen molar-refractivity contribution in [1.82, 2.24) is 0 Å². The van der Waals surface area contributed by atoms with E-state index in [1.807, 2.05) is 48.5 Å². The Morgan fingerprint density at radius 2 is 1.26 bits per heavy atom. The lowest BCUT2D eigenvalue weighted by molar-refractivity contribution is 0.477. The van der Waals surface area contributed by atoms with Gasteiger partial charge in [-0.2, -0.15) is 10.5 Å². The molecule has 5 nitrogen and oxygen atoms in total. The van der Waals surface area contributed by atoms with E-state index in [0.717, 1.165) is 71.0 Å². The van der Waals surface area contributed by atoms with E-state index in [-0.39, 0.29) is 0 Å². The molecular formula is C29H22N4O. The van der Waals surface area contributed by atoms with E-state index in [4.69, 9.17) is 4.74 Å². The first kappa shape index (κ1) is 20.1. The number of fused-ring (bicyclic) bond motifs is 3. The number of rotatable bonds is 2. The van der Waals surface area contributed by atoms with Gasteiger partial charge in [0.15, 0.2) is 11.5 Å². The Balaban J connectivity index is 1.65. The highest BCUT2D eigenvalue weighted by molar-refractivity contribution is 5.97. The molecule has 0 amide bonds. The third kappa shape index (κ3) is 3.22. The van der Waals surface area contributed by atoms with Crippen molar-refractivity contribution < 1.29 is 4.74 Å². The van der Waals surface area contributed by atoms with Crippen LogP contribution >= 0.6 is 0 Å². The van der Waals surface area contributed by atoms with Crippen LogP contribution in [0, 0.1) is 22.7 Å². The van der Waals surface area contributed by atoms with Crippen LogP contribution in [0.5, 0.6) is 11.5 Å². The van der Waals surface area contributed by atoms with Gasteiger partial charge in [0, 0.05) is 13.1 Å². The van der Waals surface area contributed by atoms with Gasteiger partial charge in [-0.1, -0.05) is 36.4 Å². The van der Waals surface area contributed by atoms with Gasteiger partial charge in [-0.25, -0.2) is 0 Å². The second kappa shape index (κ2) is 8.14. The van der Waals surface area contributed by atoms with Crippen molar-refractivity contribution in [3.05, 3.63) is 83.9 Å². The summed E-state index contributed by atoms with van der Waals surface area (Å²) in [5.74, 6) is 1.53. The first-order valence-electron chi connectivity index (χ1n) is 11.6. The summed E-state index contributed by atoms with van der Waals surface area (Å²) in [6.07, 6.45) is 3.44. The predicted octanol–water partition coefficient (Wildman–Crippen LogP) is 7.15. The molecule has 0 atom stereocenters. The molecule has 5 heteroatoms. The van der Waals surface area contributed by atoms with Crippen LogP contribution in [0.1, 0.15) is 30.4 Å². The fourth-order valence-corrected chi connectivity index (χ4v) is 5.03. The van der Waals surface area contributed by atoms with Crippen LogP contribution in [-0.4, -0.2) is 13.1 Å². The molecule has 2 aliphatic heterocycles. The minimum absolute atomic E-state index is 0.379. The van der Waals surface area contributed by atoms with Crippen LogP contribution in [0.25, 0.3) is 10.8 Å². The van der Waals surface area contributed by atoms with Crippen LogP contribution in [-0.2, 0) is 0 Å². The third-order valence-corrected chi connectivity index (χ3v) is 6.69. The largest absolute Gasteiger partial charge is 0.453 e. The summed E-state index contributed by atoms with van der Waals surface area (Å²) in [6.45, 7) is 1.86. The zero-order chi connectivity index (χ0) is 23.1. The molecule has 0 aliphatic carbocycles. The standard InChI is InChI=1S/C29H22N4O/c30-18-22-15-25(32-12-6-1-7-13-32)26(16-23(22)19-31)33-24-10-4-5-11-28(24)34-29-17-21-9-3-2-8-20(21)14-27(29)33/h2-5,8-11,14-17H,1,6-7,12-13H2. The van der Waals surface area contributed by atoms with Gasteiger partial charge in [-0.15, -0.1) is 0 Å². The second-order valence-electron chi connectivity index (χ2n) is 8.73. The van der Waals surface area contributed by atoms with Gasteiger partial charge in [0.1, 0.15) is 12.1 Å². The van der Waals surface area contributed by atoms with Crippen LogP contribution in [0.4, 0.5) is 22.7 Å². The van der Waals surface area contributed by atoms with E-state index in [9.17, 15) is 10.5 Å². The molecule has 4 aromatic carbocycles. The lowest BCUT2D eigenvalue weighted by atomic mass is 10.0. The van der Waals surface area contributed by atoms with E-state index >= 15 is 0 Å². The van der Waals surface area contributed by atoms with Crippen molar-refractivity contribution >= 4 is 33.5 Å². The smallest absolute Gasteiger partial charge is 0.152 e. The van der Waals surface area contributed by atoms with Crippen LogP contribution < -0.4 is 14.5 Å². The SMILES string of the molecule is N#Cc1cc(N2CCCCC2)c(N2c3ccccc3Oc3cc4ccccc4cc32)cc1C#N. The van der Waals surface area contributed by atoms with Crippen LogP contribution in [0.15, 0.2) is 72.8 Å². The number of hydrogen-bond donors (Lipinski definition) is 0. The molecule has 0 aromatic heterocycles. The minimum atomic E-state index is 0.379. The van der Waals surface area contributed by atoms with E-state index in [2.05, 4.69) is 46.2 Å². The van der Waals surface area contributed by atoms with E-state index in [1.54, 1.807) is 0 Å². The summed E-state index contributed by atoms with van der Waals surface area (Å²) < 4.78 is 6.35. The van der Waals surface area contributed by atoms with E-state index < -0.39 is 0 Å². The Labute approximate surface area is 198 Å². The summed E-state index contributed by atoms with van der Waals surface area (Å²) >= 11 is 0. The summed E-state index contributed by atoms with van der Waals surface area (Å²) in [5, 5.41) is 21.8. The fraction of sp³-hybridized carbons (Fsp3) is 0.172. The molecular weight excluding hydrogens is 420 g/mol. The number of hydrogen-bond acceptors (Lipinski definition) is 5. The highest BCUT2D eigenvalue weighted by Crippen LogP contribution is 2.53. The Morgan fingerprint density at radius 1 is 0.618 bits per heavy atom. The van der Waals surface area contributed by atoms with Gasteiger partial charge < -0.3 is 14.5 Å².